The first kappa shape index (κ1) is 22.6. The fourth-order valence-electron chi connectivity index (χ4n) is 4.78. The Morgan fingerprint density at radius 2 is 1.28 bits per heavy atom. The highest BCUT2D eigenvalue weighted by Gasteiger charge is 2.21. The number of hydrogen-bond acceptors (Lipinski definition) is 3. The van der Waals surface area contributed by atoms with Gasteiger partial charge in [-0.25, -0.2) is 0 Å². The second-order valence-electron chi connectivity index (χ2n) is 8.65. The maximum Gasteiger partial charge on any atom is 0.0845 e. The van der Waals surface area contributed by atoms with Crippen LogP contribution in [0.3, 0.4) is 0 Å². The van der Waals surface area contributed by atoms with Gasteiger partial charge in [-0.15, -0.1) is 0 Å². The van der Waals surface area contributed by atoms with Gasteiger partial charge in [0, 0.05) is 68.2 Å². The molecule has 0 bridgehead atoms. The number of β-amino-alcohol motifs (C(OH)–C–C–N with tert-alkyl or cyclic N) is 1. The average molecular weight is 651 g/mol. The number of fused-ring (bicyclic) bond motifs is 3. The number of nitrogens with zero attached hydrogens (tertiary/aromatic N) is 3. The monoisotopic (exact) mass is 651 g/mol. The van der Waals surface area contributed by atoms with E-state index >= 15 is 0 Å². The Hall–Kier alpha value is -1.20. The molecule has 2 heterocycles. The Bertz CT molecular complexity index is 1160. The zero-order valence-electron chi connectivity index (χ0n) is 17.9. The van der Waals surface area contributed by atoms with Crippen LogP contribution in [0.5, 0.6) is 0 Å². The number of piperazine rings is 1. The number of benzene rings is 3. The molecule has 6 heteroatoms. The summed E-state index contributed by atoms with van der Waals surface area (Å²) in [6.45, 7) is 6.46. The minimum atomic E-state index is -0.395. The highest BCUT2D eigenvalue weighted by Crippen LogP contribution is 2.31. The number of aliphatic hydroxyl groups is 1. The summed E-state index contributed by atoms with van der Waals surface area (Å²) in [7, 11) is 0. The van der Waals surface area contributed by atoms with Crippen LogP contribution in [0.25, 0.3) is 21.8 Å². The largest absolute Gasteiger partial charge is 0.390 e. The molecule has 1 fully saturated rings. The fraction of sp³-hybridized carbons (Fsp3) is 0.308. The summed E-state index contributed by atoms with van der Waals surface area (Å²) >= 11 is 4.76. The third-order valence-electron chi connectivity index (χ3n) is 6.37. The minimum Gasteiger partial charge on any atom is -0.390 e. The van der Waals surface area contributed by atoms with E-state index in [2.05, 4.69) is 126 Å². The lowest BCUT2D eigenvalue weighted by Crippen LogP contribution is -2.48. The molecule has 3 aromatic carbocycles. The van der Waals surface area contributed by atoms with Crippen LogP contribution in [0.2, 0.25) is 0 Å². The van der Waals surface area contributed by atoms with Crippen LogP contribution in [0, 0.1) is 7.14 Å². The predicted octanol–water partition coefficient (Wildman–Crippen LogP) is 5.18. The zero-order valence-corrected chi connectivity index (χ0v) is 22.2. The molecule has 0 saturated carbocycles. The lowest BCUT2D eigenvalue weighted by Gasteiger charge is -2.35. The molecule has 1 aliphatic rings. The lowest BCUT2D eigenvalue weighted by atomic mass is 10.2. The molecule has 166 valence electrons. The third-order valence-corrected chi connectivity index (χ3v) is 7.71. The lowest BCUT2D eigenvalue weighted by molar-refractivity contribution is 0.0634. The quantitative estimate of drug-likeness (QED) is 0.292. The first-order valence-electron chi connectivity index (χ1n) is 11.1. The molecule has 1 aliphatic heterocycles. The maximum atomic E-state index is 11.0. The second kappa shape index (κ2) is 9.97. The summed E-state index contributed by atoms with van der Waals surface area (Å²) in [6, 6.07) is 23.9. The summed E-state index contributed by atoms with van der Waals surface area (Å²) in [5.41, 5.74) is 3.78. The molecule has 1 N–H and O–H groups in total. The normalized spacial score (nSPS) is 16.7. The molecular weight excluding hydrogens is 624 g/mol. The highest BCUT2D eigenvalue weighted by molar-refractivity contribution is 14.1. The molecule has 0 radical (unpaired) electrons. The van der Waals surface area contributed by atoms with Gasteiger partial charge < -0.3 is 9.67 Å². The van der Waals surface area contributed by atoms with Crippen molar-refractivity contribution in [3.8, 4) is 0 Å². The van der Waals surface area contributed by atoms with Crippen molar-refractivity contribution in [2.45, 2.75) is 19.2 Å². The second-order valence-corrected chi connectivity index (χ2v) is 11.1. The van der Waals surface area contributed by atoms with Gasteiger partial charge in [-0.2, -0.15) is 0 Å². The molecule has 1 saturated heterocycles. The summed E-state index contributed by atoms with van der Waals surface area (Å²) in [5.74, 6) is 0. The van der Waals surface area contributed by atoms with Crippen molar-refractivity contribution in [1.82, 2.24) is 14.4 Å². The Kier molecular flexibility index (Phi) is 7.03. The zero-order chi connectivity index (χ0) is 22.1. The van der Waals surface area contributed by atoms with Gasteiger partial charge in [0.05, 0.1) is 12.6 Å². The number of rotatable bonds is 6. The van der Waals surface area contributed by atoms with Crippen LogP contribution in [0.15, 0.2) is 66.7 Å². The van der Waals surface area contributed by atoms with Gasteiger partial charge in [-0.05, 0) is 87.1 Å². The van der Waals surface area contributed by atoms with E-state index < -0.39 is 6.10 Å². The van der Waals surface area contributed by atoms with Crippen molar-refractivity contribution in [3.05, 3.63) is 79.4 Å². The van der Waals surface area contributed by atoms with Crippen LogP contribution >= 0.6 is 45.2 Å². The Morgan fingerprint density at radius 3 is 1.88 bits per heavy atom. The van der Waals surface area contributed by atoms with Crippen molar-refractivity contribution in [2.75, 3.05) is 32.7 Å². The molecule has 1 atom stereocenters. The van der Waals surface area contributed by atoms with Crippen molar-refractivity contribution in [3.63, 3.8) is 0 Å². The van der Waals surface area contributed by atoms with E-state index in [0.29, 0.717) is 6.54 Å². The van der Waals surface area contributed by atoms with Crippen LogP contribution in [0.1, 0.15) is 5.56 Å². The number of aliphatic hydroxyl groups excluding tert-OH is 1. The molecular formula is C26H27I2N3O. The van der Waals surface area contributed by atoms with Crippen LogP contribution < -0.4 is 0 Å². The smallest absolute Gasteiger partial charge is 0.0845 e. The van der Waals surface area contributed by atoms with E-state index in [1.165, 1.54) is 34.5 Å². The third kappa shape index (κ3) is 4.99. The van der Waals surface area contributed by atoms with Crippen LogP contribution in [0.4, 0.5) is 0 Å². The summed E-state index contributed by atoms with van der Waals surface area (Å²) in [5, 5.41) is 13.6. The van der Waals surface area contributed by atoms with E-state index in [0.717, 1.165) is 39.3 Å². The molecule has 0 aliphatic carbocycles. The Morgan fingerprint density at radius 1 is 0.719 bits per heavy atom. The number of hydrogen-bond donors (Lipinski definition) is 1. The van der Waals surface area contributed by atoms with Crippen molar-refractivity contribution in [1.29, 1.82) is 0 Å². The van der Waals surface area contributed by atoms with E-state index in [-0.39, 0.29) is 0 Å². The predicted molar refractivity (Wildman–Crippen MR) is 149 cm³/mol. The minimum absolute atomic E-state index is 0.395. The molecule has 4 aromatic rings. The highest BCUT2D eigenvalue weighted by atomic mass is 127. The molecule has 1 aromatic heterocycles. The van der Waals surface area contributed by atoms with E-state index in [1.54, 1.807) is 0 Å². The standard InChI is InChI=1S/C26H27I2N3O/c27-20-6-8-25-23(14-20)24-15-21(28)7-9-26(24)31(25)18-22(32)17-30-12-10-29(11-13-30)16-19-4-2-1-3-5-19/h1-9,14-15,22,32H,10-13,16-18H2/t22-/m0/s1. The molecule has 0 unspecified atom stereocenters. The Labute approximate surface area is 216 Å². The van der Waals surface area contributed by atoms with Gasteiger partial charge in [0.1, 0.15) is 0 Å². The van der Waals surface area contributed by atoms with Crippen molar-refractivity contribution < 1.29 is 5.11 Å². The Balaban J connectivity index is 1.26. The van der Waals surface area contributed by atoms with Crippen molar-refractivity contribution >= 4 is 67.0 Å². The number of aromatic nitrogens is 1. The maximum absolute atomic E-state index is 11.0. The van der Waals surface area contributed by atoms with E-state index in [1.807, 2.05) is 0 Å². The van der Waals surface area contributed by atoms with Gasteiger partial charge in [0.2, 0.25) is 0 Å². The fourth-order valence-corrected chi connectivity index (χ4v) is 5.77. The summed E-state index contributed by atoms with van der Waals surface area (Å²) in [4.78, 5) is 4.92. The van der Waals surface area contributed by atoms with Gasteiger partial charge >= 0.3 is 0 Å². The first-order chi connectivity index (χ1) is 15.6. The molecule has 0 spiro atoms. The van der Waals surface area contributed by atoms with Gasteiger partial charge in [0.25, 0.3) is 0 Å². The SMILES string of the molecule is O[C@@H](CN1CCN(Cc2ccccc2)CC1)Cn1c2ccc(I)cc2c2cc(I)ccc21. The van der Waals surface area contributed by atoms with Crippen LogP contribution in [-0.4, -0.2) is 58.3 Å². The average Bonchev–Trinajstić information content (AvgIpc) is 3.08. The molecule has 5 rings (SSSR count). The van der Waals surface area contributed by atoms with Gasteiger partial charge in [-0.3, -0.25) is 9.80 Å². The topological polar surface area (TPSA) is 31.6 Å². The van der Waals surface area contributed by atoms with E-state index in [9.17, 15) is 5.11 Å². The first-order valence-corrected chi connectivity index (χ1v) is 13.3. The number of halogens is 2. The molecule has 0 amide bonds. The van der Waals surface area contributed by atoms with Gasteiger partial charge in [0.15, 0.2) is 0 Å². The van der Waals surface area contributed by atoms with Crippen molar-refractivity contribution in [2.24, 2.45) is 0 Å². The van der Waals surface area contributed by atoms with Gasteiger partial charge in [-0.1, -0.05) is 30.3 Å². The summed E-state index contributed by atoms with van der Waals surface area (Å²) < 4.78 is 4.77. The summed E-state index contributed by atoms with van der Waals surface area (Å²) in [6.07, 6.45) is -0.395. The van der Waals surface area contributed by atoms with E-state index in [4.69, 9.17) is 0 Å². The molecule has 4 nitrogen and oxygen atoms in total. The molecule has 32 heavy (non-hydrogen) atoms. The van der Waals surface area contributed by atoms with Crippen LogP contribution in [-0.2, 0) is 13.1 Å².